The second-order valence-corrected chi connectivity index (χ2v) is 6.22. The lowest BCUT2D eigenvalue weighted by Gasteiger charge is -2.11. The van der Waals surface area contributed by atoms with Gasteiger partial charge in [0.05, 0.1) is 6.42 Å². The average molecular weight is 358 g/mol. The monoisotopic (exact) mass is 358 g/mol. The second-order valence-electron chi connectivity index (χ2n) is 6.22. The first-order chi connectivity index (χ1) is 13.2. The zero-order valence-corrected chi connectivity index (χ0v) is 15.0. The minimum atomic E-state index is -0.126. The fourth-order valence-electron chi connectivity index (χ4n) is 2.83. The van der Waals surface area contributed by atoms with Gasteiger partial charge in [-0.2, -0.15) is 0 Å². The highest BCUT2D eigenvalue weighted by atomic mass is 16.2. The molecule has 2 N–H and O–H groups in total. The Morgan fingerprint density at radius 2 is 1.33 bits per heavy atom. The number of carbonyl (C=O) groups is 2. The van der Waals surface area contributed by atoms with Crippen molar-refractivity contribution in [2.75, 3.05) is 11.9 Å². The topological polar surface area (TPSA) is 58.2 Å². The largest absolute Gasteiger partial charge is 0.355 e. The van der Waals surface area contributed by atoms with Gasteiger partial charge < -0.3 is 10.6 Å². The number of nitrogens with one attached hydrogen (secondary N) is 2. The molecule has 0 aliphatic heterocycles. The van der Waals surface area contributed by atoms with Crippen LogP contribution in [0.15, 0.2) is 84.9 Å². The normalized spacial score (nSPS) is 10.2. The predicted octanol–water partition coefficient (Wildman–Crippen LogP) is 4.04. The lowest BCUT2D eigenvalue weighted by Crippen LogP contribution is -2.28. The molecule has 0 aliphatic rings. The van der Waals surface area contributed by atoms with E-state index in [-0.39, 0.29) is 18.2 Å². The van der Waals surface area contributed by atoms with Crippen LogP contribution < -0.4 is 10.6 Å². The van der Waals surface area contributed by atoms with Gasteiger partial charge in [0.25, 0.3) is 0 Å². The number of amides is 2. The molecule has 136 valence electrons. The molecule has 0 fully saturated rings. The summed E-state index contributed by atoms with van der Waals surface area (Å²) in [7, 11) is 0. The molecule has 0 spiro atoms. The third kappa shape index (κ3) is 5.54. The summed E-state index contributed by atoms with van der Waals surface area (Å²) in [6.07, 6.45) is 0.545. The molecular weight excluding hydrogens is 336 g/mol. The Kier molecular flexibility index (Phi) is 6.36. The van der Waals surface area contributed by atoms with Gasteiger partial charge in [-0.15, -0.1) is 0 Å². The number of carbonyl (C=O) groups excluding carboxylic acids is 2. The number of hydrogen-bond acceptors (Lipinski definition) is 2. The summed E-state index contributed by atoms with van der Waals surface area (Å²) < 4.78 is 0. The third-order valence-corrected chi connectivity index (χ3v) is 4.17. The highest BCUT2D eigenvalue weighted by molar-refractivity contribution is 5.95. The molecule has 0 radical (unpaired) electrons. The highest BCUT2D eigenvalue weighted by Gasteiger charge is 2.09. The summed E-state index contributed by atoms with van der Waals surface area (Å²) in [6.45, 7) is 0.311. The molecule has 0 heterocycles. The van der Waals surface area contributed by atoms with Crippen molar-refractivity contribution in [3.63, 3.8) is 0 Å². The van der Waals surface area contributed by atoms with Crippen molar-refractivity contribution in [1.29, 1.82) is 0 Å². The zero-order chi connectivity index (χ0) is 18.9. The summed E-state index contributed by atoms with van der Waals surface area (Å²) in [5.41, 5.74) is 3.74. The maximum atomic E-state index is 12.3. The molecule has 2 amide bonds. The molecule has 3 aromatic carbocycles. The molecule has 0 saturated carbocycles. The average Bonchev–Trinajstić information content (AvgIpc) is 2.70. The minimum Gasteiger partial charge on any atom is -0.355 e. The molecule has 0 saturated heterocycles. The van der Waals surface area contributed by atoms with E-state index in [0.717, 1.165) is 22.4 Å². The van der Waals surface area contributed by atoms with E-state index in [1.54, 1.807) is 0 Å². The van der Waals surface area contributed by atoms with Gasteiger partial charge >= 0.3 is 0 Å². The molecule has 0 unspecified atom stereocenters. The summed E-state index contributed by atoms with van der Waals surface area (Å²) in [5.74, 6) is -0.211. The molecule has 0 aliphatic carbocycles. The van der Waals surface area contributed by atoms with Crippen LogP contribution in [0.3, 0.4) is 0 Å². The SMILES string of the molecule is O=C(Cc1ccccc1)NCCC(=O)Nc1ccccc1-c1ccccc1. The van der Waals surface area contributed by atoms with Crippen molar-refractivity contribution in [3.8, 4) is 11.1 Å². The van der Waals surface area contributed by atoms with Crippen LogP contribution in [0.2, 0.25) is 0 Å². The predicted molar refractivity (Wildman–Crippen MR) is 108 cm³/mol. The molecule has 27 heavy (non-hydrogen) atoms. The van der Waals surface area contributed by atoms with E-state index >= 15 is 0 Å². The van der Waals surface area contributed by atoms with Crippen LogP contribution in [0.1, 0.15) is 12.0 Å². The Bertz CT molecular complexity index is 893. The van der Waals surface area contributed by atoms with Gasteiger partial charge in [0.15, 0.2) is 0 Å². The number of para-hydroxylation sites is 1. The third-order valence-electron chi connectivity index (χ3n) is 4.17. The molecule has 4 nitrogen and oxygen atoms in total. The van der Waals surface area contributed by atoms with Crippen LogP contribution in [-0.2, 0) is 16.0 Å². The van der Waals surface area contributed by atoms with Crippen LogP contribution in [-0.4, -0.2) is 18.4 Å². The van der Waals surface area contributed by atoms with E-state index in [0.29, 0.717) is 13.0 Å². The lowest BCUT2D eigenvalue weighted by molar-refractivity contribution is -0.120. The standard InChI is InChI=1S/C23H22N2O2/c26-22(15-16-24-23(27)17-18-9-3-1-4-10-18)25-21-14-8-7-13-20(21)19-11-5-2-6-12-19/h1-14H,15-17H2,(H,24,27)(H,25,26). The van der Waals surface area contributed by atoms with E-state index in [4.69, 9.17) is 0 Å². The summed E-state index contributed by atoms with van der Waals surface area (Å²) >= 11 is 0. The van der Waals surface area contributed by atoms with Crippen molar-refractivity contribution in [2.24, 2.45) is 0 Å². The first kappa shape index (κ1) is 18.4. The minimum absolute atomic E-state index is 0.0846. The summed E-state index contributed by atoms with van der Waals surface area (Å²) in [4.78, 5) is 24.2. The van der Waals surface area contributed by atoms with E-state index in [1.165, 1.54) is 0 Å². The van der Waals surface area contributed by atoms with E-state index in [2.05, 4.69) is 10.6 Å². The fraction of sp³-hybridized carbons (Fsp3) is 0.130. The maximum absolute atomic E-state index is 12.3. The van der Waals surface area contributed by atoms with Gasteiger partial charge in [-0.3, -0.25) is 9.59 Å². The Morgan fingerprint density at radius 1 is 0.704 bits per heavy atom. The van der Waals surface area contributed by atoms with Crippen LogP contribution in [0, 0.1) is 0 Å². The summed E-state index contributed by atoms with van der Waals surface area (Å²) in [6, 6.07) is 27.2. The van der Waals surface area contributed by atoms with Gasteiger partial charge in [-0.1, -0.05) is 78.9 Å². The first-order valence-electron chi connectivity index (χ1n) is 8.97. The highest BCUT2D eigenvalue weighted by Crippen LogP contribution is 2.27. The Hall–Kier alpha value is -3.40. The Balaban J connectivity index is 1.51. The van der Waals surface area contributed by atoms with Crippen molar-refractivity contribution < 1.29 is 9.59 Å². The van der Waals surface area contributed by atoms with Gasteiger partial charge in [0, 0.05) is 24.2 Å². The molecule has 4 heteroatoms. The molecule has 0 aromatic heterocycles. The Morgan fingerprint density at radius 3 is 2.07 bits per heavy atom. The van der Waals surface area contributed by atoms with Crippen LogP contribution in [0.25, 0.3) is 11.1 Å². The summed E-state index contributed by atoms with van der Waals surface area (Å²) in [5, 5.41) is 5.74. The number of benzene rings is 3. The maximum Gasteiger partial charge on any atom is 0.226 e. The molecular formula is C23H22N2O2. The van der Waals surface area contributed by atoms with Crippen LogP contribution >= 0.6 is 0 Å². The van der Waals surface area contributed by atoms with Crippen LogP contribution in [0.5, 0.6) is 0 Å². The van der Waals surface area contributed by atoms with E-state index in [9.17, 15) is 9.59 Å². The van der Waals surface area contributed by atoms with Crippen molar-refractivity contribution in [3.05, 3.63) is 90.5 Å². The van der Waals surface area contributed by atoms with Gasteiger partial charge in [0.2, 0.25) is 11.8 Å². The molecule has 3 aromatic rings. The quantitative estimate of drug-likeness (QED) is 0.670. The first-order valence-corrected chi connectivity index (χ1v) is 8.97. The van der Waals surface area contributed by atoms with E-state index < -0.39 is 0 Å². The Labute approximate surface area is 159 Å². The second kappa shape index (κ2) is 9.34. The van der Waals surface area contributed by atoms with Crippen molar-refractivity contribution >= 4 is 17.5 Å². The van der Waals surface area contributed by atoms with E-state index in [1.807, 2.05) is 84.9 Å². The molecule has 0 bridgehead atoms. The smallest absolute Gasteiger partial charge is 0.226 e. The molecule has 0 atom stereocenters. The number of anilines is 1. The van der Waals surface area contributed by atoms with Crippen molar-refractivity contribution in [2.45, 2.75) is 12.8 Å². The van der Waals surface area contributed by atoms with Crippen molar-refractivity contribution in [1.82, 2.24) is 5.32 Å². The lowest BCUT2D eigenvalue weighted by atomic mass is 10.0. The number of rotatable bonds is 7. The van der Waals surface area contributed by atoms with Gasteiger partial charge in [-0.05, 0) is 17.2 Å². The number of hydrogen-bond donors (Lipinski definition) is 2. The fourth-order valence-corrected chi connectivity index (χ4v) is 2.83. The molecule has 3 rings (SSSR count). The zero-order valence-electron chi connectivity index (χ0n) is 15.0. The van der Waals surface area contributed by atoms with Gasteiger partial charge in [-0.25, -0.2) is 0 Å². The van der Waals surface area contributed by atoms with Crippen LogP contribution in [0.4, 0.5) is 5.69 Å². The van der Waals surface area contributed by atoms with Gasteiger partial charge in [0.1, 0.15) is 0 Å².